The third-order valence-corrected chi connectivity index (χ3v) is 11.4. The number of carbonyl (C=O) groups is 2. The van der Waals surface area contributed by atoms with E-state index in [9.17, 15) is 18.0 Å². The van der Waals surface area contributed by atoms with E-state index in [-0.39, 0.29) is 21.9 Å². The van der Waals surface area contributed by atoms with E-state index in [1.807, 2.05) is 26.0 Å². The Hall–Kier alpha value is -4.13. The van der Waals surface area contributed by atoms with Crippen molar-refractivity contribution in [3.63, 3.8) is 0 Å². The van der Waals surface area contributed by atoms with Crippen LogP contribution in [0.25, 0.3) is 0 Å². The average molecular weight is 663 g/mol. The summed E-state index contributed by atoms with van der Waals surface area (Å²) in [6, 6.07) is 16.9. The monoisotopic (exact) mass is 662 g/mol. The zero-order chi connectivity index (χ0) is 33.5. The van der Waals surface area contributed by atoms with Gasteiger partial charge in [0.2, 0.25) is 5.60 Å². The van der Waals surface area contributed by atoms with Crippen LogP contribution in [0.3, 0.4) is 0 Å². The molecule has 3 heterocycles. The van der Waals surface area contributed by atoms with Gasteiger partial charge in [-0.2, -0.15) is 4.31 Å². The number of carbonyl (C=O) groups excluding carboxylic acids is 2. The molecule has 3 aromatic rings. The number of benzene rings is 3. The Balaban J connectivity index is 1.40. The van der Waals surface area contributed by atoms with Gasteiger partial charge in [-0.25, -0.2) is 13.2 Å². The smallest absolute Gasteiger partial charge is 0.411 e. The molecule has 47 heavy (non-hydrogen) atoms. The van der Waals surface area contributed by atoms with E-state index < -0.39 is 27.6 Å². The number of likely N-dealkylation sites (tertiary alicyclic amines) is 1. The van der Waals surface area contributed by atoms with Gasteiger partial charge in [-0.15, -0.1) is 0 Å². The number of amides is 2. The Kier molecular flexibility index (Phi) is 8.94. The number of fused-ring (bicyclic) bond motifs is 1. The average Bonchev–Trinajstić information content (AvgIpc) is 3.32. The molecule has 3 aliphatic heterocycles. The summed E-state index contributed by atoms with van der Waals surface area (Å²) in [4.78, 5) is 35.3. The lowest BCUT2D eigenvalue weighted by Crippen LogP contribution is -2.55. The number of nitrogens with zero attached hydrogens (tertiary/aromatic N) is 4. The number of ether oxygens (including phenoxy) is 3. The number of piperazine rings is 1. The predicted molar refractivity (Wildman–Crippen MR) is 178 cm³/mol. The molecule has 0 saturated carbocycles. The lowest BCUT2D eigenvalue weighted by atomic mass is 9.84. The molecule has 0 aromatic heterocycles. The summed E-state index contributed by atoms with van der Waals surface area (Å²) >= 11 is 0. The van der Waals surface area contributed by atoms with Crippen LogP contribution in [0.2, 0.25) is 0 Å². The molecule has 0 aliphatic carbocycles. The maximum absolute atomic E-state index is 15.0. The first-order chi connectivity index (χ1) is 22.5. The summed E-state index contributed by atoms with van der Waals surface area (Å²) < 4.78 is 46.9. The lowest BCUT2D eigenvalue weighted by Gasteiger charge is -2.42. The van der Waals surface area contributed by atoms with Crippen LogP contribution >= 0.6 is 0 Å². The Labute approximate surface area is 276 Å². The van der Waals surface area contributed by atoms with Gasteiger partial charge in [0.15, 0.2) is 0 Å². The van der Waals surface area contributed by atoms with Crippen LogP contribution in [-0.4, -0.2) is 102 Å². The summed E-state index contributed by atoms with van der Waals surface area (Å²) in [5, 5.41) is 0. The van der Waals surface area contributed by atoms with Crippen LogP contribution < -0.4 is 13.8 Å². The Bertz CT molecular complexity index is 1780. The highest BCUT2D eigenvalue weighted by molar-refractivity contribution is 7.93. The van der Waals surface area contributed by atoms with Gasteiger partial charge in [0.25, 0.3) is 15.9 Å². The molecule has 2 amide bonds. The fraction of sp³-hybridized carbons (Fsp3) is 0.429. The summed E-state index contributed by atoms with van der Waals surface area (Å²) in [7, 11) is 0.381. The molecule has 0 spiro atoms. The molecule has 0 N–H and O–H groups in total. The Morgan fingerprint density at radius 2 is 1.55 bits per heavy atom. The maximum Gasteiger partial charge on any atom is 0.411 e. The third kappa shape index (κ3) is 5.72. The van der Waals surface area contributed by atoms with Gasteiger partial charge in [0.05, 0.1) is 19.9 Å². The maximum atomic E-state index is 15.0. The molecule has 11 nitrogen and oxygen atoms in total. The third-order valence-electron chi connectivity index (χ3n) is 9.67. The van der Waals surface area contributed by atoms with Gasteiger partial charge >= 0.3 is 6.09 Å². The number of rotatable bonds is 7. The van der Waals surface area contributed by atoms with Crippen molar-refractivity contribution < 1.29 is 32.2 Å². The van der Waals surface area contributed by atoms with E-state index in [1.54, 1.807) is 35.2 Å². The van der Waals surface area contributed by atoms with E-state index in [4.69, 9.17) is 14.2 Å². The molecule has 6 rings (SSSR count). The molecule has 12 heteroatoms. The molecule has 3 aromatic carbocycles. The molecule has 2 saturated heterocycles. The van der Waals surface area contributed by atoms with Crippen molar-refractivity contribution in [1.82, 2.24) is 14.7 Å². The first-order valence-electron chi connectivity index (χ1n) is 15.9. The number of methoxy groups -OCH3 is 2. The molecule has 2 fully saturated rings. The van der Waals surface area contributed by atoms with Crippen LogP contribution in [0.15, 0.2) is 65.6 Å². The van der Waals surface area contributed by atoms with Crippen molar-refractivity contribution in [2.24, 2.45) is 0 Å². The van der Waals surface area contributed by atoms with Gasteiger partial charge in [0, 0.05) is 49.4 Å². The summed E-state index contributed by atoms with van der Waals surface area (Å²) in [5.74, 6) is -0.494. The fourth-order valence-corrected chi connectivity index (χ4v) is 8.61. The minimum absolute atomic E-state index is 0.0127. The van der Waals surface area contributed by atoms with Crippen molar-refractivity contribution in [2.75, 3.05) is 64.8 Å². The largest absolute Gasteiger partial charge is 0.497 e. The van der Waals surface area contributed by atoms with Crippen LogP contribution in [-0.2, 0) is 25.2 Å². The molecule has 250 valence electrons. The van der Waals surface area contributed by atoms with Crippen LogP contribution in [0, 0.1) is 13.8 Å². The first kappa shape index (κ1) is 32.8. The Morgan fingerprint density at radius 3 is 2.21 bits per heavy atom. The zero-order valence-electron chi connectivity index (χ0n) is 27.6. The van der Waals surface area contributed by atoms with Crippen molar-refractivity contribution in [3.05, 3.63) is 82.9 Å². The molecule has 3 aliphatic rings. The van der Waals surface area contributed by atoms with Crippen molar-refractivity contribution in [2.45, 2.75) is 43.2 Å². The summed E-state index contributed by atoms with van der Waals surface area (Å²) in [6.07, 6.45) is 1.51. The van der Waals surface area contributed by atoms with Crippen LogP contribution in [0.5, 0.6) is 11.5 Å². The van der Waals surface area contributed by atoms with Crippen molar-refractivity contribution >= 4 is 27.7 Å². The van der Waals surface area contributed by atoms with Gasteiger partial charge in [-0.1, -0.05) is 35.9 Å². The second-order valence-electron chi connectivity index (χ2n) is 12.5. The SMILES string of the molecule is COc1ccc(S(=O)(=O)N2C(=O)C(OC(=O)N3CCN(C4CCN(C)CC4)CC3)(c3ccccc3C)c3cc(C)ccc32)c(OC)c1. The standard InChI is InChI=1S/C35H42N4O7S/c1-24-10-12-30-29(22-24)35(28-9-7-6-8-25(28)2,33(40)39(30)47(42,43)32-13-11-27(44-4)23-31(32)45-5)46-34(41)38-20-18-37(19-21-38)26-14-16-36(3)17-15-26/h6-13,22-23,26H,14-21H2,1-5H3. The highest BCUT2D eigenvalue weighted by Crippen LogP contribution is 2.51. The van der Waals surface area contributed by atoms with Crippen LogP contribution in [0.4, 0.5) is 10.5 Å². The number of piperidine rings is 1. The Morgan fingerprint density at radius 1 is 0.851 bits per heavy atom. The number of sulfonamides is 1. The molecule has 0 bridgehead atoms. The van der Waals surface area contributed by atoms with Gasteiger partial charge in [-0.05, 0) is 76.7 Å². The minimum atomic E-state index is -4.57. The minimum Gasteiger partial charge on any atom is -0.497 e. The van der Waals surface area contributed by atoms with E-state index in [0.717, 1.165) is 35.8 Å². The summed E-state index contributed by atoms with van der Waals surface area (Å²) in [6.45, 7) is 8.04. The van der Waals surface area contributed by atoms with E-state index >= 15 is 0 Å². The second kappa shape index (κ2) is 12.8. The highest BCUT2D eigenvalue weighted by Gasteiger charge is 2.60. The molecule has 1 unspecified atom stereocenters. The van der Waals surface area contributed by atoms with Crippen molar-refractivity contribution in [3.8, 4) is 11.5 Å². The van der Waals surface area contributed by atoms with E-state index in [1.165, 1.54) is 32.4 Å². The predicted octanol–water partition coefficient (Wildman–Crippen LogP) is 4.15. The highest BCUT2D eigenvalue weighted by atomic mass is 32.2. The molecule has 0 radical (unpaired) electrons. The lowest BCUT2D eigenvalue weighted by molar-refractivity contribution is -0.132. The number of anilines is 1. The van der Waals surface area contributed by atoms with E-state index in [0.29, 0.717) is 49.1 Å². The van der Waals surface area contributed by atoms with Crippen LogP contribution in [0.1, 0.15) is 35.1 Å². The molecular formula is C35H42N4O7S. The molecule has 1 atom stereocenters. The van der Waals surface area contributed by atoms with E-state index in [2.05, 4.69) is 16.8 Å². The van der Waals surface area contributed by atoms with Gasteiger partial charge in [-0.3, -0.25) is 9.69 Å². The first-order valence-corrected chi connectivity index (χ1v) is 17.3. The normalized spacial score (nSPS) is 21.1. The zero-order valence-corrected chi connectivity index (χ0v) is 28.4. The number of hydrogen-bond acceptors (Lipinski definition) is 9. The fourth-order valence-electron chi connectivity index (χ4n) is 7.01. The van der Waals surface area contributed by atoms with Crippen molar-refractivity contribution in [1.29, 1.82) is 0 Å². The van der Waals surface area contributed by atoms with Gasteiger partial charge in [0.1, 0.15) is 16.4 Å². The summed E-state index contributed by atoms with van der Waals surface area (Å²) in [5.41, 5.74) is 0.192. The van der Waals surface area contributed by atoms with Gasteiger partial charge < -0.3 is 24.0 Å². The second-order valence-corrected chi connectivity index (χ2v) is 14.3. The quantitative estimate of drug-likeness (QED) is 0.369. The number of aryl methyl sites for hydroxylation is 2. The number of hydrogen-bond donors (Lipinski definition) is 0. The molecular weight excluding hydrogens is 620 g/mol. The topological polar surface area (TPSA) is 109 Å².